The standard InChI is InChI=1S/C12H16N4O3/c1-15(2)11(17)8-5-6-10(14-13-8)16-7-3-4-9(16)12(18)19/h5-6,9H,3-4,7H2,1-2H3,(H,18,19). The van der Waals surface area contributed by atoms with Crippen LogP contribution in [0.5, 0.6) is 0 Å². The Kier molecular flexibility index (Phi) is 3.64. The van der Waals surface area contributed by atoms with Gasteiger partial charge in [-0.25, -0.2) is 4.79 Å². The van der Waals surface area contributed by atoms with E-state index in [-0.39, 0.29) is 11.6 Å². The number of hydrogen-bond donors (Lipinski definition) is 1. The fourth-order valence-corrected chi connectivity index (χ4v) is 2.12. The molecule has 19 heavy (non-hydrogen) atoms. The summed E-state index contributed by atoms with van der Waals surface area (Å²) in [6.07, 6.45) is 1.42. The van der Waals surface area contributed by atoms with Crippen molar-refractivity contribution in [1.82, 2.24) is 15.1 Å². The molecule has 0 spiro atoms. The zero-order valence-corrected chi connectivity index (χ0v) is 10.9. The quantitative estimate of drug-likeness (QED) is 0.841. The Labute approximate surface area is 110 Å². The van der Waals surface area contributed by atoms with Crippen LogP contribution in [0, 0.1) is 0 Å². The molecule has 0 saturated carbocycles. The Balaban J connectivity index is 2.18. The van der Waals surface area contributed by atoms with Crippen LogP contribution in [0.2, 0.25) is 0 Å². The van der Waals surface area contributed by atoms with Crippen LogP contribution < -0.4 is 4.90 Å². The molecule has 1 aliphatic rings. The first-order chi connectivity index (χ1) is 9.00. The molecule has 1 aromatic rings. The molecule has 1 unspecified atom stereocenters. The predicted molar refractivity (Wildman–Crippen MR) is 68.1 cm³/mol. The van der Waals surface area contributed by atoms with Gasteiger partial charge in [0.05, 0.1) is 0 Å². The zero-order valence-electron chi connectivity index (χ0n) is 10.9. The minimum Gasteiger partial charge on any atom is -0.480 e. The third-order valence-electron chi connectivity index (χ3n) is 3.11. The van der Waals surface area contributed by atoms with Gasteiger partial charge in [0.25, 0.3) is 5.91 Å². The van der Waals surface area contributed by atoms with Gasteiger partial charge in [0.2, 0.25) is 0 Å². The van der Waals surface area contributed by atoms with E-state index < -0.39 is 12.0 Å². The van der Waals surface area contributed by atoms with Crippen LogP contribution in [-0.2, 0) is 4.79 Å². The summed E-state index contributed by atoms with van der Waals surface area (Å²) in [5.41, 5.74) is 0.250. The number of hydrogen-bond acceptors (Lipinski definition) is 5. The average molecular weight is 264 g/mol. The summed E-state index contributed by atoms with van der Waals surface area (Å²) in [5, 5.41) is 16.9. The predicted octanol–water partition coefficient (Wildman–Crippen LogP) is 0.232. The lowest BCUT2D eigenvalue weighted by atomic mass is 10.2. The van der Waals surface area contributed by atoms with Crippen molar-refractivity contribution in [3.63, 3.8) is 0 Å². The van der Waals surface area contributed by atoms with Crippen molar-refractivity contribution in [1.29, 1.82) is 0 Å². The molecule has 1 saturated heterocycles. The second kappa shape index (κ2) is 5.21. The van der Waals surface area contributed by atoms with Gasteiger partial charge < -0.3 is 14.9 Å². The maximum absolute atomic E-state index is 11.7. The molecule has 1 amide bonds. The van der Waals surface area contributed by atoms with Crippen molar-refractivity contribution >= 4 is 17.7 Å². The molecule has 0 aromatic carbocycles. The first-order valence-electron chi connectivity index (χ1n) is 6.05. The Hall–Kier alpha value is -2.18. The fraction of sp³-hybridized carbons (Fsp3) is 0.500. The maximum atomic E-state index is 11.7. The van der Waals surface area contributed by atoms with Gasteiger partial charge in [-0.3, -0.25) is 4.79 Å². The van der Waals surface area contributed by atoms with E-state index in [9.17, 15) is 9.59 Å². The lowest BCUT2D eigenvalue weighted by molar-refractivity contribution is -0.138. The number of carboxylic acids is 1. The van der Waals surface area contributed by atoms with E-state index in [4.69, 9.17) is 5.11 Å². The highest BCUT2D eigenvalue weighted by Crippen LogP contribution is 2.23. The number of carbonyl (C=O) groups excluding carboxylic acids is 1. The molecular formula is C12H16N4O3. The van der Waals surface area contributed by atoms with Gasteiger partial charge in [0.15, 0.2) is 11.5 Å². The molecule has 7 heteroatoms. The van der Waals surface area contributed by atoms with Crippen LogP contribution >= 0.6 is 0 Å². The summed E-state index contributed by atoms with van der Waals surface area (Å²) >= 11 is 0. The molecule has 102 valence electrons. The Bertz CT molecular complexity index is 486. The highest BCUT2D eigenvalue weighted by molar-refractivity contribution is 5.91. The number of carbonyl (C=O) groups is 2. The largest absolute Gasteiger partial charge is 0.480 e. The molecule has 1 N–H and O–H groups in total. The van der Waals surface area contributed by atoms with Gasteiger partial charge in [-0.1, -0.05) is 0 Å². The van der Waals surface area contributed by atoms with E-state index in [1.54, 1.807) is 31.1 Å². The third kappa shape index (κ3) is 2.64. The van der Waals surface area contributed by atoms with Crippen molar-refractivity contribution in [2.24, 2.45) is 0 Å². The Morgan fingerprint density at radius 3 is 2.63 bits per heavy atom. The highest BCUT2D eigenvalue weighted by Gasteiger charge is 2.31. The summed E-state index contributed by atoms with van der Waals surface area (Å²) in [7, 11) is 3.28. The van der Waals surface area contributed by atoms with Crippen LogP contribution in [0.4, 0.5) is 5.82 Å². The second-order valence-corrected chi connectivity index (χ2v) is 4.67. The number of rotatable bonds is 3. The minimum atomic E-state index is -0.854. The molecule has 0 radical (unpaired) electrons. The number of amides is 1. The lowest BCUT2D eigenvalue weighted by Crippen LogP contribution is -2.36. The average Bonchev–Trinajstić information content (AvgIpc) is 2.87. The third-order valence-corrected chi connectivity index (χ3v) is 3.11. The fourth-order valence-electron chi connectivity index (χ4n) is 2.12. The van der Waals surface area contributed by atoms with Crippen molar-refractivity contribution in [3.05, 3.63) is 17.8 Å². The maximum Gasteiger partial charge on any atom is 0.326 e. The molecule has 1 aliphatic heterocycles. The molecule has 1 atom stereocenters. The van der Waals surface area contributed by atoms with Crippen LogP contribution in [0.15, 0.2) is 12.1 Å². The van der Waals surface area contributed by atoms with Crippen molar-refractivity contribution in [2.75, 3.05) is 25.5 Å². The van der Waals surface area contributed by atoms with Crippen LogP contribution in [0.25, 0.3) is 0 Å². The van der Waals surface area contributed by atoms with Gasteiger partial charge in [-0.15, -0.1) is 10.2 Å². The van der Waals surface area contributed by atoms with E-state index >= 15 is 0 Å². The molecule has 0 aliphatic carbocycles. The molecule has 0 bridgehead atoms. The van der Waals surface area contributed by atoms with Crippen LogP contribution in [0.1, 0.15) is 23.3 Å². The summed E-state index contributed by atoms with van der Waals surface area (Å²) in [4.78, 5) is 25.9. The SMILES string of the molecule is CN(C)C(=O)c1ccc(N2CCCC2C(=O)O)nn1. The molecular weight excluding hydrogens is 248 g/mol. The topological polar surface area (TPSA) is 86.6 Å². The summed E-state index contributed by atoms with van der Waals surface area (Å²) < 4.78 is 0. The Morgan fingerprint density at radius 2 is 2.11 bits per heavy atom. The number of anilines is 1. The normalized spacial score (nSPS) is 18.4. The van der Waals surface area contributed by atoms with Gasteiger partial charge in [-0.05, 0) is 25.0 Å². The lowest BCUT2D eigenvalue weighted by Gasteiger charge is -2.21. The summed E-state index contributed by atoms with van der Waals surface area (Å²) in [6, 6.07) is 2.66. The van der Waals surface area contributed by atoms with Crippen LogP contribution in [0.3, 0.4) is 0 Å². The number of aliphatic carboxylic acids is 1. The van der Waals surface area contributed by atoms with Gasteiger partial charge >= 0.3 is 5.97 Å². The molecule has 2 heterocycles. The van der Waals surface area contributed by atoms with Crippen molar-refractivity contribution < 1.29 is 14.7 Å². The van der Waals surface area contributed by atoms with Gasteiger partial charge in [0, 0.05) is 20.6 Å². The monoisotopic (exact) mass is 264 g/mol. The molecule has 2 rings (SSSR count). The number of nitrogens with zero attached hydrogens (tertiary/aromatic N) is 4. The van der Waals surface area contributed by atoms with Crippen LogP contribution in [-0.4, -0.2) is 58.8 Å². The highest BCUT2D eigenvalue weighted by atomic mass is 16.4. The van der Waals surface area contributed by atoms with E-state index in [0.717, 1.165) is 6.42 Å². The van der Waals surface area contributed by atoms with Gasteiger partial charge in [-0.2, -0.15) is 0 Å². The first kappa shape index (κ1) is 13.3. The Morgan fingerprint density at radius 1 is 1.37 bits per heavy atom. The van der Waals surface area contributed by atoms with E-state index in [1.807, 2.05) is 0 Å². The summed E-state index contributed by atoms with van der Waals surface area (Å²) in [5.74, 6) is -0.580. The van der Waals surface area contributed by atoms with Crippen molar-refractivity contribution in [3.8, 4) is 0 Å². The molecule has 1 aromatic heterocycles. The second-order valence-electron chi connectivity index (χ2n) is 4.67. The van der Waals surface area contributed by atoms with E-state index in [2.05, 4.69) is 10.2 Å². The summed E-state index contributed by atoms with van der Waals surface area (Å²) in [6.45, 7) is 0.645. The smallest absolute Gasteiger partial charge is 0.326 e. The van der Waals surface area contributed by atoms with Crippen molar-refractivity contribution in [2.45, 2.75) is 18.9 Å². The zero-order chi connectivity index (χ0) is 14.0. The first-order valence-corrected chi connectivity index (χ1v) is 6.05. The molecule has 7 nitrogen and oxygen atoms in total. The number of carboxylic acid groups (broad SMARTS) is 1. The van der Waals surface area contributed by atoms with E-state index in [1.165, 1.54) is 4.90 Å². The molecule has 1 fully saturated rings. The number of aromatic nitrogens is 2. The minimum absolute atomic E-state index is 0.227. The van der Waals surface area contributed by atoms with Gasteiger partial charge in [0.1, 0.15) is 6.04 Å². The van der Waals surface area contributed by atoms with E-state index in [0.29, 0.717) is 18.8 Å².